The van der Waals surface area contributed by atoms with Gasteiger partial charge < -0.3 is 4.74 Å². The van der Waals surface area contributed by atoms with Crippen LogP contribution >= 0.6 is 0 Å². The van der Waals surface area contributed by atoms with Crippen LogP contribution in [-0.2, 0) is 5.41 Å². The third-order valence-electron chi connectivity index (χ3n) is 2.66. The molecule has 0 fully saturated rings. The molecule has 0 radical (unpaired) electrons. The van der Waals surface area contributed by atoms with Crippen molar-refractivity contribution in [2.45, 2.75) is 46.5 Å². The number of ether oxygens (including phenoxy) is 1. The zero-order valence-electron chi connectivity index (χ0n) is 11.5. The van der Waals surface area contributed by atoms with Crippen molar-refractivity contribution in [1.82, 2.24) is 0 Å². The van der Waals surface area contributed by atoms with Gasteiger partial charge in [0, 0.05) is 11.1 Å². The van der Waals surface area contributed by atoms with Crippen LogP contribution in [0.25, 0.3) is 0 Å². The Bertz CT molecular complexity index is 400. The summed E-state index contributed by atoms with van der Waals surface area (Å²) in [4.78, 5) is 11.4. The Morgan fingerprint density at radius 2 is 1.94 bits per heavy atom. The highest BCUT2D eigenvalue weighted by Gasteiger charge is 2.20. The van der Waals surface area contributed by atoms with Crippen molar-refractivity contribution in [2.24, 2.45) is 0 Å². The van der Waals surface area contributed by atoms with Gasteiger partial charge >= 0.3 is 0 Å². The summed E-state index contributed by atoms with van der Waals surface area (Å²) >= 11 is 0. The van der Waals surface area contributed by atoms with Gasteiger partial charge in [-0.1, -0.05) is 27.7 Å². The van der Waals surface area contributed by atoms with E-state index in [4.69, 9.17) is 4.74 Å². The smallest absolute Gasteiger partial charge is 0.159 e. The van der Waals surface area contributed by atoms with Crippen LogP contribution in [0.4, 0.5) is 0 Å². The SMILES string of the molecule is CCCOc1ccc(C(C)=O)cc1C(C)(C)C. The fraction of sp³-hybridized carbons (Fsp3) is 0.533. The van der Waals surface area contributed by atoms with Gasteiger partial charge in [0.25, 0.3) is 0 Å². The van der Waals surface area contributed by atoms with Crippen LogP contribution in [0.1, 0.15) is 57.0 Å². The van der Waals surface area contributed by atoms with Gasteiger partial charge in [-0.25, -0.2) is 0 Å². The molecule has 1 aromatic carbocycles. The molecule has 0 heterocycles. The Morgan fingerprint density at radius 1 is 1.29 bits per heavy atom. The molecule has 17 heavy (non-hydrogen) atoms. The van der Waals surface area contributed by atoms with Gasteiger partial charge in [0.1, 0.15) is 5.75 Å². The molecule has 1 rings (SSSR count). The Hall–Kier alpha value is -1.31. The van der Waals surface area contributed by atoms with E-state index >= 15 is 0 Å². The van der Waals surface area contributed by atoms with E-state index in [9.17, 15) is 4.79 Å². The first-order chi connectivity index (χ1) is 7.86. The molecule has 0 N–H and O–H groups in total. The highest BCUT2D eigenvalue weighted by molar-refractivity contribution is 5.94. The zero-order chi connectivity index (χ0) is 13.1. The third-order valence-corrected chi connectivity index (χ3v) is 2.66. The fourth-order valence-corrected chi connectivity index (χ4v) is 1.67. The van der Waals surface area contributed by atoms with Crippen LogP contribution in [0.2, 0.25) is 0 Å². The molecule has 0 saturated carbocycles. The molecule has 0 aliphatic carbocycles. The maximum Gasteiger partial charge on any atom is 0.159 e. The van der Waals surface area contributed by atoms with Gasteiger partial charge in [0.15, 0.2) is 5.78 Å². The number of hydrogen-bond acceptors (Lipinski definition) is 2. The maximum atomic E-state index is 11.4. The van der Waals surface area contributed by atoms with E-state index in [1.807, 2.05) is 18.2 Å². The molecule has 0 aliphatic heterocycles. The average Bonchev–Trinajstić information content (AvgIpc) is 2.24. The average molecular weight is 234 g/mol. The topological polar surface area (TPSA) is 26.3 Å². The predicted octanol–water partition coefficient (Wildman–Crippen LogP) is 3.98. The molecular formula is C15H22O2. The molecule has 0 bridgehead atoms. The van der Waals surface area contributed by atoms with Crippen LogP contribution in [-0.4, -0.2) is 12.4 Å². The highest BCUT2D eigenvalue weighted by atomic mass is 16.5. The van der Waals surface area contributed by atoms with Gasteiger partial charge in [-0.05, 0) is 37.0 Å². The van der Waals surface area contributed by atoms with Crippen molar-refractivity contribution in [3.8, 4) is 5.75 Å². The highest BCUT2D eigenvalue weighted by Crippen LogP contribution is 2.32. The van der Waals surface area contributed by atoms with Crippen LogP contribution in [0.5, 0.6) is 5.75 Å². The lowest BCUT2D eigenvalue weighted by Crippen LogP contribution is -2.14. The van der Waals surface area contributed by atoms with E-state index in [0.717, 1.165) is 23.3 Å². The van der Waals surface area contributed by atoms with Crippen molar-refractivity contribution < 1.29 is 9.53 Å². The summed E-state index contributed by atoms with van der Waals surface area (Å²) < 4.78 is 5.74. The molecule has 0 saturated heterocycles. The monoisotopic (exact) mass is 234 g/mol. The number of hydrogen-bond donors (Lipinski definition) is 0. The molecule has 0 spiro atoms. The van der Waals surface area contributed by atoms with Crippen molar-refractivity contribution in [1.29, 1.82) is 0 Å². The van der Waals surface area contributed by atoms with Gasteiger partial charge in [0.2, 0.25) is 0 Å². The van der Waals surface area contributed by atoms with Crippen molar-refractivity contribution in [2.75, 3.05) is 6.61 Å². The van der Waals surface area contributed by atoms with E-state index in [1.54, 1.807) is 6.92 Å². The summed E-state index contributed by atoms with van der Waals surface area (Å²) in [5.74, 6) is 0.988. The lowest BCUT2D eigenvalue weighted by molar-refractivity contribution is 0.101. The summed E-state index contributed by atoms with van der Waals surface area (Å²) in [6.07, 6.45) is 0.984. The third kappa shape index (κ3) is 3.58. The zero-order valence-corrected chi connectivity index (χ0v) is 11.5. The number of Topliss-reactive ketones (excluding diaryl/α,β-unsaturated/α-hetero) is 1. The van der Waals surface area contributed by atoms with Gasteiger partial charge in [-0.15, -0.1) is 0 Å². The second-order valence-electron chi connectivity index (χ2n) is 5.37. The molecule has 0 unspecified atom stereocenters. The molecule has 2 nitrogen and oxygen atoms in total. The minimum Gasteiger partial charge on any atom is -0.493 e. The van der Waals surface area contributed by atoms with Crippen LogP contribution in [0.15, 0.2) is 18.2 Å². The van der Waals surface area contributed by atoms with Gasteiger partial charge in [-0.3, -0.25) is 4.79 Å². The van der Waals surface area contributed by atoms with Gasteiger partial charge in [0.05, 0.1) is 6.61 Å². The second-order valence-corrected chi connectivity index (χ2v) is 5.37. The number of carbonyl (C=O) groups excluding carboxylic acids is 1. The molecule has 0 aliphatic rings. The predicted molar refractivity (Wildman–Crippen MR) is 70.9 cm³/mol. The molecule has 94 valence electrons. The van der Waals surface area contributed by atoms with Crippen molar-refractivity contribution >= 4 is 5.78 Å². The number of ketones is 1. The Balaban J connectivity index is 3.17. The molecular weight excluding hydrogens is 212 g/mol. The largest absolute Gasteiger partial charge is 0.493 e. The van der Waals surface area contributed by atoms with Crippen molar-refractivity contribution in [3.05, 3.63) is 29.3 Å². The van der Waals surface area contributed by atoms with Crippen molar-refractivity contribution in [3.63, 3.8) is 0 Å². The fourth-order valence-electron chi connectivity index (χ4n) is 1.67. The normalized spacial score (nSPS) is 11.4. The van der Waals surface area contributed by atoms with Crippen LogP contribution in [0, 0.1) is 0 Å². The minimum absolute atomic E-state index is 0.0193. The lowest BCUT2D eigenvalue weighted by Gasteiger charge is -2.23. The Labute approximate surface area is 104 Å². The second kappa shape index (κ2) is 5.35. The molecule has 2 heteroatoms. The summed E-state index contributed by atoms with van der Waals surface area (Å²) in [6, 6.07) is 5.70. The molecule has 1 aromatic rings. The maximum absolute atomic E-state index is 11.4. The van der Waals surface area contributed by atoms with Gasteiger partial charge in [-0.2, -0.15) is 0 Å². The van der Waals surface area contributed by atoms with E-state index in [-0.39, 0.29) is 11.2 Å². The van der Waals surface area contributed by atoms with Crippen LogP contribution in [0.3, 0.4) is 0 Å². The van der Waals surface area contributed by atoms with E-state index in [2.05, 4.69) is 27.7 Å². The Kier molecular flexibility index (Phi) is 4.33. The van der Waals surface area contributed by atoms with E-state index < -0.39 is 0 Å². The number of benzene rings is 1. The first-order valence-electron chi connectivity index (χ1n) is 6.14. The standard InChI is InChI=1S/C15H22O2/c1-6-9-17-14-8-7-12(11(2)16)10-13(14)15(3,4)5/h7-8,10H,6,9H2,1-5H3. The first kappa shape index (κ1) is 13.8. The number of rotatable bonds is 4. The summed E-state index contributed by atoms with van der Waals surface area (Å²) in [7, 11) is 0. The molecule has 0 atom stereocenters. The van der Waals surface area contributed by atoms with E-state index in [0.29, 0.717) is 6.61 Å². The molecule has 0 amide bonds. The number of carbonyl (C=O) groups is 1. The summed E-state index contributed by atoms with van der Waals surface area (Å²) in [5.41, 5.74) is 1.83. The van der Waals surface area contributed by atoms with E-state index in [1.165, 1.54) is 0 Å². The Morgan fingerprint density at radius 3 is 2.41 bits per heavy atom. The minimum atomic E-state index is -0.0193. The quantitative estimate of drug-likeness (QED) is 0.737. The lowest BCUT2D eigenvalue weighted by atomic mass is 9.85. The van der Waals surface area contributed by atoms with Crippen LogP contribution < -0.4 is 4.74 Å². The molecule has 0 aromatic heterocycles. The summed E-state index contributed by atoms with van der Waals surface area (Å²) in [6.45, 7) is 10.8. The first-order valence-corrected chi connectivity index (χ1v) is 6.14. The summed E-state index contributed by atoms with van der Waals surface area (Å²) in [5, 5.41) is 0.